The van der Waals surface area contributed by atoms with Crippen molar-refractivity contribution in [2.24, 2.45) is 0 Å². The fourth-order valence-electron chi connectivity index (χ4n) is 3.31. The van der Waals surface area contributed by atoms with Gasteiger partial charge in [-0.05, 0) is 49.7 Å². The molecule has 0 atom stereocenters. The molecule has 1 aromatic heterocycles. The van der Waals surface area contributed by atoms with Gasteiger partial charge in [-0.25, -0.2) is 0 Å². The molecule has 1 amide bonds. The van der Waals surface area contributed by atoms with Crippen molar-refractivity contribution in [3.8, 4) is 0 Å². The number of carbonyl (C=O) groups is 1. The number of hydrogen-bond donors (Lipinski definition) is 1. The Hall–Kier alpha value is -2.11. The molecule has 1 saturated heterocycles. The fourth-order valence-corrected chi connectivity index (χ4v) is 3.68. The zero-order chi connectivity index (χ0) is 18.7. The van der Waals surface area contributed by atoms with Crippen LogP contribution in [-0.2, 0) is 0 Å². The lowest BCUT2D eigenvalue weighted by Gasteiger charge is -2.35. The van der Waals surface area contributed by atoms with E-state index in [-0.39, 0.29) is 5.91 Å². The Morgan fingerprint density at radius 3 is 2.58 bits per heavy atom. The predicted molar refractivity (Wildman–Crippen MR) is 107 cm³/mol. The van der Waals surface area contributed by atoms with Crippen molar-refractivity contribution in [3.63, 3.8) is 0 Å². The van der Waals surface area contributed by atoms with E-state index in [1.807, 2.05) is 38.1 Å². The van der Waals surface area contributed by atoms with Gasteiger partial charge >= 0.3 is 0 Å². The molecule has 26 heavy (non-hydrogen) atoms. The molecule has 0 aliphatic carbocycles. The Balaban J connectivity index is 1.75. The minimum absolute atomic E-state index is 0.243. The van der Waals surface area contributed by atoms with Crippen LogP contribution in [0.25, 0.3) is 0 Å². The number of aryl methyl sites for hydroxylation is 2. The van der Waals surface area contributed by atoms with Crippen molar-refractivity contribution in [2.75, 3.05) is 42.9 Å². The third kappa shape index (κ3) is 4.17. The Morgan fingerprint density at radius 1 is 1.19 bits per heavy atom. The van der Waals surface area contributed by atoms with Crippen LogP contribution in [-0.4, -0.2) is 48.5 Å². The zero-order valence-electron chi connectivity index (χ0n) is 15.6. The Morgan fingerprint density at radius 2 is 1.92 bits per heavy atom. The van der Waals surface area contributed by atoms with E-state index in [9.17, 15) is 4.79 Å². The summed E-state index contributed by atoms with van der Waals surface area (Å²) in [4.78, 5) is 21.6. The number of halogens is 1. The normalized spacial score (nSPS) is 15.2. The van der Waals surface area contributed by atoms with Gasteiger partial charge in [0.2, 0.25) is 0 Å². The summed E-state index contributed by atoms with van der Waals surface area (Å²) < 4.78 is 0. The van der Waals surface area contributed by atoms with Crippen LogP contribution in [0.15, 0.2) is 30.5 Å². The van der Waals surface area contributed by atoms with Crippen molar-refractivity contribution in [1.82, 2.24) is 9.88 Å². The first-order valence-electron chi connectivity index (χ1n) is 8.99. The lowest BCUT2D eigenvalue weighted by molar-refractivity contribution is 0.102. The molecule has 0 bridgehead atoms. The maximum atomic E-state index is 12.7. The number of carbonyl (C=O) groups excluding carboxylic acids is 1. The van der Waals surface area contributed by atoms with Crippen molar-refractivity contribution < 1.29 is 4.79 Å². The first kappa shape index (κ1) is 18.7. The molecular formula is C20H25ClN4O. The summed E-state index contributed by atoms with van der Waals surface area (Å²) >= 11 is 6.30. The summed E-state index contributed by atoms with van der Waals surface area (Å²) in [5.74, 6) is -0.243. The number of aromatic nitrogens is 1. The highest BCUT2D eigenvalue weighted by Gasteiger charge is 2.18. The average molecular weight is 373 g/mol. The Labute approximate surface area is 160 Å². The molecular weight excluding hydrogens is 348 g/mol. The number of benzene rings is 1. The van der Waals surface area contributed by atoms with Crippen LogP contribution >= 0.6 is 11.6 Å². The van der Waals surface area contributed by atoms with Crippen molar-refractivity contribution >= 4 is 28.9 Å². The largest absolute Gasteiger partial charge is 0.369 e. The Kier molecular flexibility index (Phi) is 5.79. The molecule has 0 spiro atoms. The first-order chi connectivity index (χ1) is 12.5. The SMILES string of the molecule is CCN1CCN(c2ccnc(C(=O)Nc3c(C)cc(C)cc3Cl)c2)CC1. The topological polar surface area (TPSA) is 48.5 Å². The van der Waals surface area contributed by atoms with Crippen LogP contribution in [0, 0.1) is 13.8 Å². The summed E-state index contributed by atoms with van der Waals surface area (Å²) in [6.07, 6.45) is 1.69. The first-order valence-corrected chi connectivity index (χ1v) is 9.37. The summed E-state index contributed by atoms with van der Waals surface area (Å²) in [6, 6.07) is 7.66. The van der Waals surface area contributed by atoms with E-state index < -0.39 is 0 Å². The van der Waals surface area contributed by atoms with Gasteiger partial charge in [-0.15, -0.1) is 0 Å². The standard InChI is InChI=1S/C20H25ClN4O/c1-4-24-7-9-25(10-8-24)16-5-6-22-18(13-16)20(26)23-19-15(3)11-14(2)12-17(19)21/h5-6,11-13H,4,7-10H2,1-3H3,(H,23,26). The maximum absolute atomic E-state index is 12.7. The summed E-state index contributed by atoms with van der Waals surface area (Å²) in [7, 11) is 0. The van der Waals surface area contributed by atoms with E-state index in [0.717, 1.165) is 49.5 Å². The van der Waals surface area contributed by atoms with E-state index >= 15 is 0 Å². The van der Waals surface area contributed by atoms with Crippen LogP contribution in [0.2, 0.25) is 5.02 Å². The van der Waals surface area contributed by atoms with Gasteiger partial charge in [0.15, 0.2) is 0 Å². The number of pyridine rings is 1. The Bertz CT molecular complexity index is 777. The second kappa shape index (κ2) is 8.06. The van der Waals surface area contributed by atoms with E-state index in [4.69, 9.17) is 11.6 Å². The quantitative estimate of drug-likeness (QED) is 0.888. The minimum atomic E-state index is -0.243. The lowest BCUT2D eigenvalue weighted by Crippen LogP contribution is -2.46. The number of likely N-dealkylation sites (N-methyl/N-ethyl adjacent to an activating group) is 1. The lowest BCUT2D eigenvalue weighted by atomic mass is 10.1. The second-order valence-electron chi connectivity index (χ2n) is 6.71. The number of rotatable bonds is 4. The second-order valence-corrected chi connectivity index (χ2v) is 7.12. The van der Waals surface area contributed by atoms with Gasteiger partial charge in [-0.2, -0.15) is 0 Å². The molecule has 1 aromatic carbocycles. The maximum Gasteiger partial charge on any atom is 0.274 e. The van der Waals surface area contributed by atoms with Crippen LogP contribution < -0.4 is 10.2 Å². The molecule has 2 heterocycles. The third-order valence-electron chi connectivity index (χ3n) is 4.83. The van der Waals surface area contributed by atoms with Gasteiger partial charge in [0, 0.05) is 38.1 Å². The van der Waals surface area contributed by atoms with Gasteiger partial charge in [-0.3, -0.25) is 9.78 Å². The zero-order valence-corrected chi connectivity index (χ0v) is 16.3. The number of nitrogens with one attached hydrogen (secondary N) is 1. The number of amides is 1. The third-order valence-corrected chi connectivity index (χ3v) is 5.13. The highest BCUT2D eigenvalue weighted by atomic mass is 35.5. The van der Waals surface area contributed by atoms with Crippen LogP contribution in [0.1, 0.15) is 28.5 Å². The van der Waals surface area contributed by atoms with Crippen molar-refractivity contribution in [2.45, 2.75) is 20.8 Å². The molecule has 0 unspecified atom stereocenters. The van der Waals surface area contributed by atoms with Gasteiger partial charge in [0.05, 0.1) is 10.7 Å². The monoisotopic (exact) mass is 372 g/mol. The molecule has 1 fully saturated rings. The molecule has 1 N–H and O–H groups in total. The summed E-state index contributed by atoms with van der Waals surface area (Å²) in [5.41, 5.74) is 4.09. The van der Waals surface area contributed by atoms with Crippen LogP contribution in [0.3, 0.4) is 0 Å². The molecule has 3 rings (SSSR count). The molecule has 1 aliphatic heterocycles. The average Bonchev–Trinajstić information content (AvgIpc) is 2.64. The summed E-state index contributed by atoms with van der Waals surface area (Å²) in [5, 5.41) is 3.45. The van der Waals surface area contributed by atoms with E-state index in [1.54, 1.807) is 6.20 Å². The predicted octanol–water partition coefficient (Wildman–Crippen LogP) is 3.75. The smallest absolute Gasteiger partial charge is 0.274 e. The highest BCUT2D eigenvalue weighted by Crippen LogP contribution is 2.28. The van der Waals surface area contributed by atoms with Gasteiger partial charge < -0.3 is 15.1 Å². The molecule has 138 valence electrons. The highest BCUT2D eigenvalue weighted by molar-refractivity contribution is 6.34. The van der Waals surface area contributed by atoms with E-state index in [0.29, 0.717) is 16.4 Å². The summed E-state index contributed by atoms with van der Waals surface area (Å²) in [6.45, 7) is 11.2. The van der Waals surface area contributed by atoms with Gasteiger partial charge in [-0.1, -0.05) is 24.6 Å². The fraction of sp³-hybridized carbons (Fsp3) is 0.400. The van der Waals surface area contributed by atoms with Crippen molar-refractivity contribution in [3.05, 3.63) is 52.3 Å². The molecule has 5 nitrogen and oxygen atoms in total. The van der Waals surface area contributed by atoms with E-state index in [2.05, 4.69) is 27.0 Å². The van der Waals surface area contributed by atoms with Gasteiger partial charge in [0.25, 0.3) is 5.91 Å². The van der Waals surface area contributed by atoms with Gasteiger partial charge in [0.1, 0.15) is 5.69 Å². The molecule has 0 saturated carbocycles. The minimum Gasteiger partial charge on any atom is -0.369 e. The van der Waals surface area contributed by atoms with Crippen molar-refractivity contribution in [1.29, 1.82) is 0 Å². The molecule has 0 radical (unpaired) electrons. The molecule has 1 aliphatic rings. The molecule has 2 aromatic rings. The van der Waals surface area contributed by atoms with Crippen LogP contribution in [0.4, 0.5) is 11.4 Å². The van der Waals surface area contributed by atoms with Crippen LogP contribution in [0.5, 0.6) is 0 Å². The number of hydrogen-bond acceptors (Lipinski definition) is 4. The van der Waals surface area contributed by atoms with E-state index in [1.165, 1.54) is 0 Å². The molecule has 6 heteroatoms. The number of piperazine rings is 1. The number of nitrogens with zero attached hydrogens (tertiary/aromatic N) is 3. The number of anilines is 2.